The second kappa shape index (κ2) is 6.66. The van der Waals surface area contributed by atoms with Crippen molar-refractivity contribution in [3.63, 3.8) is 0 Å². The Labute approximate surface area is 112 Å². The van der Waals surface area contributed by atoms with Crippen molar-refractivity contribution in [3.8, 4) is 6.07 Å². The fourth-order valence-corrected chi connectivity index (χ4v) is 1.84. The average molecular weight is 255 g/mol. The molecule has 5 heteroatoms. The molecule has 0 aliphatic rings. The van der Waals surface area contributed by atoms with E-state index in [1.165, 1.54) is 0 Å². The molecule has 2 rings (SSSR count). The molecule has 2 aromatic heterocycles. The molecule has 1 N–H and O–H groups in total. The highest BCUT2D eigenvalue weighted by Crippen LogP contribution is 2.07. The number of hydrogen-bond donors (Lipinski definition) is 1. The molecule has 0 fully saturated rings. The van der Waals surface area contributed by atoms with Crippen LogP contribution in [0.2, 0.25) is 0 Å². The largest absolute Gasteiger partial charge is 0.333 e. The highest BCUT2D eigenvalue weighted by molar-refractivity contribution is 5.30. The zero-order valence-corrected chi connectivity index (χ0v) is 11.0. The number of nitrogens with zero attached hydrogens (tertiary/aromatic N) is 4. The lowest BCUT2D eigenvalue weighted by Gasteiger charge is -2.03. The Morgan fingerprint density at radius 2 is 2.32 bits per heavy atom. The first-order valence-corrected chi connectivity index (χ1v) is 6.39. The number of imidazole rings is 1. The number of nitrogens with one attached hydrogen (secondary N) is 1. The second-order valence-electron chi connectivity index (χ2n) is 4.34. The SMILES string of the molecule is CCCNCc1cn(Cc2cccnc2C#N)cn1. The van der Waals surface area contributed by atoms with Gasteiger partial charge in [0, 0.05) is 24.5 Å². The van der Waals surface area contributed by atoms with Crippen LogP contribution in [0.4, 0.5) is 0 Å². The van der Waals surface area contributed by atoms with E-state index in [0.717, 1.165) is 30.8 Å². The van der Waals surface area contributed by atoms with Gasteiger partial charge in [0.15, 0.2) is 0 Å². The lowest BCUT2D eigenvalue weighted by Crippen LogP contribution is -2.13. The van der Waals surface area contributed by atoms with E-state index < -0.39 is 0 Å². The van der Waals surface area contributed by atoms with Crippen LogP contribution in [0.15, 0.2) is 30.9 Å². The van der Waals surface area contributed by atoms with Crippen molar-refractivity contribution < 1.29 is 0 Å². The Morgan fingerprint density at radius 3 is 3.11 bits per heavy atom. The van der Waals surface area contributed by atoms with Crippen molar-refractivity contribution in [3.05, 3.63) is 47.8 Å². The molecule has 0 aliphatic carbocycles. The maximum absolute atomic E-state index is 9.00. The van der Waals surface area contributed by atoms with E-state index in [-0.39, 0.29) is 0 Å². The molecule has 98 valence electrons. The molecule has 5 nitrogen and oxygen atoms in total. The van der Waals surface area contributed by atoms with Crippen LogP contribution in [0.3, 0.4) is 0 Å². The van der Waals surface area contributed by atoms with Gasteiger partial charge in [-0.2, -0.15) is 5.26 Å². The first-order chi connectivity index (χ1) is 9.33. The minimum atomic E-state index is 0.474. The fraction of sp³-hybridized carbons (Fsp3) is 0.357. The molecule has 0 bridgehead atoms. The molecule has 19 heavy (non-hydrogen) atoms. The van der Waals surface area contributed by atoms with Gasteiger partial charge in [-0.15, -0.1) is 0 Å². The van der Waals surface area contributed by atoms with E-state index in [9.17, 15) is 0 Å². The van der Waals surface area contributed by atoms with Gasteiger partial charge in [0.1, 0.15) is 11.8 Å². The smallest absolute Gasteiger partial charge is 0.145 e. The molecular formula is C14H17N5. The van der Waals surface area contributed by atoms with E-state index in [1.54, 1.807) is 12.5 Å². The Kier molecular flexibility index (Phi) is 4.65. The molecule has 0 amide bonds. The quantitative estimate of drug-likeness (QED) is 0.798. The van der Waals surface area contributed by atoms with Crippen molar-refractivity contribution in [2.24, 2.45) is 0 Å². The lowest BCUT2D eigenvalue weighted by atomic mass is 10.2. The van der Waals surface area contributed by atoms with Crippen LogP contribution in [-0.2, 0) is 13.1 Å². The van der Waals surface area contributed by atoms with Gasteiger partial charge < -0.3 is 9.88 Å². The van der Waals surface area contributed by atoms with Gasteiger partial charge >= 0.3 is 0 Å². The number of hydrogen-bond acceptors (Lipinski definition) is 4. The molecule has 2 aromatic rings. The van der Waals surface area contributed by atoms with E-state index >= 15 is 0 Å². The average Bonchev–Trinajstić information content (AvgIpc) is 2.87. The Morgan fingerprint density at radius 1 is 1.42 bits per heavy atom. The van der Waals surface area contributed by atoms with Crippen molar-refractivity contribution in [1.82, 2.24) is 19.9 Å². The normalized spacial score (nSPS) is 10.3. The summed E-state index contributed by atoms with van der Waals surface area (Å²) in [6, 6.07) is 5.87. The first kappa shape index (κ1) is 13.2. The van der Waals surface area contributed by atoms with E-state index in [0.29, 0.717) is 12.2 Å². The highest BCUT2D eigenvalue weighted by Gasteiger charge is 2.04. The molecule has 0 saturated heterocycles. The predicted molar refractivity (Wildman–Crippen MR) is 72.3 cm³/mol. The number of aromatic nitrogens is 3. The molecule has 0 unspecified atom stereocenters. The predicted octanol–water partition coefficient (Wildman–Crippen LogP) is 1.70. The van der Waals surface area contributed by atoms with Crippen LogP contribution < -0.4 is 5.32 Å². The summed E-state index contributed by atoms with van der Waals surface area (Å²) >= 11 is 0. The maximum Gasteiger partial charge on any atom is 0.145 e. The van der Waals surface area contributed by atoms with Gasteiger partial charge in [-0.25, -0.2) is 9.97 Å². The highest BCUT2D eigenvalue weighted by atomic mass is 15.0. The van der Waals surface area contributed by atoms with E-state index in [1.807, 2.05) is 22.9 Å². The monoisotopic (exact) mass is 255 g/mol. The Hall–Kier alpha value is -2.19. The van der Waals surface area contributed by atoms with Gasteiger partial charge in [0.25, 0.3) is 0 Å². The molecular weight excluding hydrogens is 238 g/mol. The fourth-order valence-electron chi connectivity index (χ4n) is 1.84. The van der Waals surface area contributed by atoms with Crippen molar-refractivity contribution >= 4 is 0 Å². The van der Waals surface area contributed by atoms with Crippen molar-refractivity contribution in [2.45, 2.75) is 26.4 Å². The molecule has 2 heterocycles. The van der Waals surface area contributed by atoms with Gasteiger partial charge in [-0.3, -0.25) is 0 Å². The number of nitriles is 1. The van der Waals surface area contributed by atoms with Crippen molar-refractivity contribution in [2.75, 3.05) is 6.54 Å². The summed E-state index contributed by atoms with van der Waals surface area (Å²) in [6.07, 6.45) is 6.53. The molecule has 0 aromatic carbocycles. The zero-order valence-electron chi connectivity index (χ0n) is 11.0. The topological polar surface area (TPSA) is 66.5 Å². The molecule has 0 radical (unpaired) electrons. The second-order valence-corrected chi connectivity index (χ2v) is 4.34. The molecule has 0 spiro atoms. The standard InChI is InChI=1S/C14H17N5/c1-2-5-16-8-13-10-19(11-18-13)9-12-4-3-6-17-14(12)7-15/h3-4,6,10-11,16H,2,5,8-9H2,1H3. The molecule has 0 aliphatic heterocycles. The van der Waals surface area contributed by atoms with Crippen LogP contribution in [-0.4, -0.2) is 21.1 Å². The Bertz CT molecular complexity index is 567. The lowest BCUT2D eigenvalue weighted by molar-refractivity contribution is 0.665. The van der Waals surface area contributed by atoms with Gasteiger partial charge in [-0.05, 0) is 19.0 Å². The summed E-state index contributed by atoms with van der Waals surface area (Å²) < 4.78 is 1.97. The van der Waals surface area contributed by atoms with Crippen LogP contribution in [0, 0.1) is 11.3 Å². The minimum Gasteiger partial charge on any atom is -0.333 e. The van der Waals surface area contributed by atoms with Crippen LogP contribution >= 0.6 is 0 Å². The summed E-state index contributed by atoms with van der Waals surface area (Å²) in [5, 5.41) is 12.3. The van der Waals surface area contributed by atoms with Gasteiger partial charge in [0.2, 0.25) is 0 Å². The van der Waals surface area contributed by atoms with Crippen LogP contribution in [0.25, 0.3) is 0 Å². The van der Waals surface area contributed by atoms with Crippen LogP contribution in [0.5, 0.6) is 0 Å². The first-order valence-electron chi connectivity index (χ1n) is 6.39. The van der Waals surface area contributed by atoms with E-state index in [2.05, 4.69) is 28.3 Å². The van der Waals surface area contributed by atoms with E-state index in [4.69, 9.17) is 5.26 Å². The number of rotatable bonds is 6. The van der Waals surface area contributed by atoms with Crippen LogP contribution in [0.1, 0.15) is 30.3 Å². The summed E-state index contributed by atoms with van der Waals surface area (Å²) in [7, 11) is 0. The third-order valence-electron chi connectivity index (χ3n) is 2.77. The summed E-state index contributed by atoms with van der Waals surface area (Å²) in [5.41, 5.74) is 2.40. The maximum atomic E-state index is 9.00. The van der Waals surface area contributed by atoms with Crippen molar-refractivity contribution in [1.29, 1.82) is 5.26 Å². The molecule has 0 atom stereocenters. The number of pyridine rings is 1. The summed E-state index contributed by atoms with van der Waals surface area (Å²) in [4.78, 5) is 8.39. The van der Waals surface area contributed by atoms with Gasteiger partial charge in [0.05, 0.1) is 18.6 Å². The third kappa shape index (κ3) is 3.63. The minimum absolute atomic E-state index is 0.474. The van der Waals surface area contributed by atoms with Gasteiger partial charge in [-0.1, -0.05) is 13.0 Å². The Balaban J connectivity index is 2.02. The molecule has 0 saturated carbocycles. The summed E-state index contributed by atoms with van der Waals surface area (Å²) in [5.74, 6) is 0. The summed E-state index contributed by atoms with van der Waals surface area (Å²) in [6.45, 7) is 4.53. The third-order valence-corrected chi connectivity index (χ3v) is 2.77. The zero-order chi connectivity index (χ0) is 13.5.